The van der Waals surface area contributed by atoms with Crippen molar-refractivity contribution in [1.82, 2.24) is 0 Å². The predicted molar refractivity (Wildman–Crippen MR) is 91.8 cm³/mol. The van der Waals surface area contributed by atoms with E-state index in [1.54, 1.807) is 13.8 Å². The van der Waals surface area contributed by atoms with Crippen molar-refractivity contribution in [2.75, 3.05) is 13.2 Å². The van der Waals surface area contributed by atoms with Crippen molar-refractivity contribution in [3.05, 3.63) is 60.1 Å². The number of ether oxygens (including phenoxy) is 2. The lowest BCUT2D eigenvalue weighted by atomic mass is 10.1. The van der Waals surface area contributed by atoms with Crippen molar-refractivity contribution in [2.24, 2.45) is 0 Å². The fourth-order valence-electron chi connectivity index (χ4n) is 2.59. The molecule has 3 aromatic rings. The van der Waals surface area contributed by atoms with E-state index in [9.17, 15) is 13.2 Å². The topological polar surface area (TPSA) is 31.6 Å². The maximum absolute atomic E-state index is 14.8. The van der Waals surface area contributed by atoms with Crippen molar-refractivity contribution in [1.29, 1.82) is 0 Å². The molecule has 2 aromatic carbocycles. The normalized spacial score (nSPS) is 10.8. The molecule has 0 N–H and O–H groups in total. The predicted octanol–water partition coefficient (Wildman–Crippen LogP) is 5.83. The molecule has 0 saturated carbocycles. The Kier molecular flexibility index (Phi) is 5.21. The Balaban J connectivity index is 1.96. The van der Waals surface area contributed by atoms with Crippen molar-refractivity contribution in [2.45, 2.75) is 13.8 Å². The van der Waals surface area contributed by atoms with Crippen molar-refractivity contribution in [3.8, 4) is 33.9 Å². The van der Waals surface area contributed by atoms with Crippen LogP contribution in [0.4, 0.5) is 13.2 Å². The van der Waals surface area contributed by atoms with Gasteiger partial charge in [0.05, 0.1) is 18.8 Å². The monoisotopic (exact) mass is 362 g/mol. The van der Waals surface area contributed by atoms with Crippen LogP contribution in [0.25, 0.3) is 22.5 Å². The van der Waals surface area contributed by atoms with Gasteiger partial charge in [-0.2, -0.15) is 0 Å². The smallest absolute Gasteiger partial charge is 0.177 e. The van der Waals surface area contributed by atoms with E-state index in [0.29, 0.717) is 18.8 Å². The molecular weight excluding hydrogens is 345 g/mol. The second-order valence-electron chi connectivity index (χ2n) is 5.45. The number of hydrogen-bond donors (Lipinski definition) is 0. The molecule has 0 amide bonds. The summed E-state index contributed by atoms with van der Waals surface area (Å²) in [6.45, 7) is 4.12. The first-order valence-electron chi connectivity index (χ1n) is 8.17. The minimum Gasteiger partial charge on any atom is -0.491 e. The van der Waals surface area contributed by atoms with E-state index in [1.165, 1.54) is 36.6 Å². The van der Waals surface area contributed by atoms with Gasteiger partial charge in [0, 0.05) is 5.56 Å². The van der Waals surface area contributed by atoms with Crippen LogP contribution in [0.1, 0.15) is 13.8 Å². The van der Waals surface area contributed by atoms with Crippen molar-refractivity contribution < 1.29 is 27.1 Å². The lowest BCUT2D eigenvalue weighted by molar-refractivity contribution is 0.321. The average molecular weight is 362 g/mol. The molecule has 26 heavy (non-hydrogen) atoms. The van der Waals surface area contributed by atoms with E-state index in [-0.39, 0.29) is 28.4 Å². The van der Waals surface area contributed by atoms with Gasteiger partial charge in [0.1, 0.15) is 6.26 Å². The van der Waals surface area contributed by atoms with Gasteiger partial charge in [-0.1, -0.05) is 6.07 Å². The van der Waals surface area contributed by atoms with Crippen LogP contribution in [0, 0.1) is 17.5 Å². The molecule has 3 nitrogen and oxygen atoms in total. The van der Waals surface area contributed by atoms with Gasteiger partial charge >= 0.3 is 0 Å². The largest absolute Gasteiger partial charge is 0.491 e. The maximum atomic E-state index is 14.8. The molecule has 3 rings (SSSR count). The van der Waals surface area contributed by atoms with Crippen LogP contribution in [-0.2, 0) is 0 Å². The quantitative estimate of drug-likeness (QED) is 0.553. The highest BCUT2D eigenvalue weighted by Gasteiger charge is 2.19. The molecule has 0 radical (unpaired) electrons. The van der Waals surface area contributed by atoms with Crippen LogP contribution >= 0.6 is 0 Å². The molecular formula is C20H17F3O3. The van der Waals surface area contributed by atoms with Crippen molar-refractivity contribution in [3.63, 3.8) is 0 Å². The molecule has 0 aliphatic carbocycles. The molecule has 0 fully saturated rings. The highest BCUT2D eigenvalue weighted by atomic mass is 19.1. The van der Waals surface area contributed by atoms with Gasteiger partial charge in [0.25, 0.3) is 0 Å². The summed E-state index contributed by atoms with van der Waals surface area (Å²) in [5.41, 5.74) is 0.599. The molecule has 0 unspecified atom stereocenters. The Morgan fingerprint density at radius 2 is 1.35 bits per heavy atom. The Hall–Kier alpha value is -2.89. The molecule has 0 atom stereocenters. The lowest BCUT2D eigenvalue weighted by Gasteiger charge is -2.06. The zero-order chi connectivity index (χ0) is 18.7. The van der Waals surface area contributed by atoms with Crippen LogP contribution in [0.15, 0.2) is 47.1 Å². The number of benzene rings is 2. The first-order chi connectivity index (χ1) is 12.5. The first-order valence-corrected chi connectivity index (χ1v) is 8.17. The minimum absolute atomic E-state index is 0.0799. The van der Waals surface area contributed by atoms with E-state index in [0.717, 1.165) is 6.07 Å². The molecule has 136 valence electrons. The summed E-state index contributed by atoms with van der Waals surface area (Å²) in [7, 11) is 0. The van der Waals surface area contributed by atoms with Crippen molar-refractivity contribution >= 4 is 0 Å². The van der Waals surface area contributed by atoms with Gasteiger partial charge in [-0.15, -0.1) is 0 Å². The van der Waals surface area contributed by atoms with Crippen LogP contribution in [0.3, 0.4) is 0 Å². The van der Waals surface area contributed by atoms with E-state index >= 15 is 0 Å². The molecule has 0 aliphatic heterocycles. The number of rotatable bonds is 6. The summed E-state index contributed by atoms with van der Waals surface area (Å²) in [6, 6.07) is 8.17. The Morgan fingerprint density at radius 1 is 0.808 bits per heavy atom. The van der Waals surface area contributed by atoms with E-state index in [4.69, 9.17) is 13.9 Å². The fourth-order valence-corrected chi connectivity index (χ4v) is 2.59. The third kappa shape index (κ3) is 3.40. The zero-order valence-corrected chi connectivity index (χ0v) is 14.3. The van der Waals surface area contributed by atoms with Gasteiger partial charge in [0.2, 0.25) is 0 Å². The Bertz CT molecular complexity index is 846. The van der Waals surface area contributed by atoms with E-state index < -0.39 is 17.5 Å². The van der Waals surface area contributed by atoms with Crippen LogP contribution in [0.5, 0.6) is 11.5 Å². The van der Waals surface area contributed by atoms with E-state index in [1.807, 2.05) is 0 Å². The first kappa shape index (κ1) is 17.9. The number of furan rings is 1. The number of halogens is 3. The molecule has 0 spiro atoms. The molecule has 1 aromatic heterocycles. The standard InChI is InChI=1S/C20H17F3O3/c1-3-24-17-7-5-12(9-15(17)21)14-11-26-20(19(14)23)13-6-8-18(25-4-2)16(22)10-13/h5-11H,3-4H2,1-2H3. The summed E-state index contributed by atoms with van der Waals surface area (Å²) >= 11 is 0. The molecule has 0 saturated heterocycles. The second kappa shape index (κ2) is 7.56. The molecule has 6 heteroatoms. The molecule has 0 aliphatic rings. The summed E-state index contributed by atoms with van der Waals surface area (Å²) in [5, 5.41) is 0. The Labute approximate surface area is 149 Å². The third-order valence-corrected chi connectivity index (χ3v) is 3.77. The lowest BCUT2D eigenvalue weighted by Crippen LogP contribution is -1.95. The number of hydrogen-bond acceptors (Lipinski definition) is 3. The average Bonchev–Trinajstić information content (AvgIpc) is 3.00. The summed E-state index contributed by atoms with van der Waals surface area (Å²) in [6.07, 6.45) is 1.17. The highest BCUT2D eigenvalue weighted by Crippen LogP contribution is 2.35. The van der Waals surface area contributed by atoms with Gasteiger partial charge in [0.15, 0.2) is 34.7 Å². The Morgan fingerprint density at radius 3 is 1.88 bits per heavy atom. The summed E-state index contributed by atoms with van der Waals surface area (Å²) in [4.78, 5) is 0. The maximum Gasteiger partial charge on any atom is 0.177 e. The molecule has 0 bridgehead atoms. The van der Waals surface area contributed by atoms with Crippen LogP contribution in [-0.4, -0.2) is 13.2 Å². The molecule has 1 heterocycles. The fraction of sp³-hybridized carbons (Fsp3) is 0.200. The third-order valence-electron chi connectivity index (χ3n) is 3.77. The summed E-state index contributed by atoms with van der Waals surface area (Å²) < 4.78 is 58.3. The van der Waals surface area contributed by atoms with Gasteiger partial charge in [-0.3, -0.25) is 0 Å². The van der Waals surface area contributed by atoms with Crippen LogP contribution in [0.2, 0.25) is 0 Å². The van der Waals surface area contributed by atoms with Gasteiger partial charge in [-0.05, 0) is 49.7 Å². The van der Waals surface area contributed by atoms with Gasteiger partial charge in [-0.25, -0.2) is 13.2 Å². The second-order valence-corrected chi connectivity index (χ2v) is 5.45. The summed E-state index contributed by atoms with van der Waals surface area (Å²) in [5.74, 6) is -1.87. The highest BCUT2D eigenvalue weighted by molar-refractivity contribution is 5.71. The SMILES string of the molecule is CCOc1ccc(-c2coc(-c3ccc(OCC)c(F)c3)c2F)cc1F. The zero-order valence-electron chi connectivity index (χ0n) is 14.3. The van der Waals surface area contributed by atoms with Crippen LogP contribution < -0.4 is 9.47 Å². The van der Waals surface area contributed by atoms with Gasteiger partial charge < -0.3 is 13.9 Å². The minimum atomic E-state index is -0.697. The van der Waals surface area contributed by atoms with E-state index in [2.05, 4.69) is 0 Å².